The van der Waals surface area contributed by atoms with Crippen LogP contribution in [0, 0.1) is 0 Å². The van der Waals surface area contributed by atoms with Gasteiger partial charge in [-0.25, -0.2) is 0 Å². The average Bonchev–Trinajstić information content (AvgIpc) is 3.46. The van der Waals surface area contributed by atoms with Crippen molar-refractivity contribution in [3.8, 4) is 11.5 Å². The number of aliphatic hydroxyl groups is 1. The summed E-state index contributed by atoms with van der Waals surface area (Å²) < 4.78 is 11.4. The Balaban J connectivity index is 1.47. The van der Waals surface area contributed by atoms with Crippen LogP contribution in [-0.4, -0.2) is 74.4 Å². The van der Waals surface area contributed by atoms with Crippen molar-refractivity contribution in [1.82, 2.24) is 4.90 Å². The van der Waals surface area contributed by atoms with Gasteiger partial charge in [-0.2, -0.15) is 0 Å². The summed E-state index contributed by atoms with van der Waals surface area (Å²) in [5, 5.41) is 13.2. The van der Waals surface area contributed by atoms with Crippen molar-refractivity contribution in [2.24, 2.45) is 0 Å². The number of likely N-dealkylation sites (tertiary alicyclic amines) is 1. The van der Waals surface area contributed by atoms with Gasteiger partial charge in [0.1, 0.15) is 17.5 Å². The van der Waals surface area contributed by atoms with E-state index in [1.54, 1.807) is 36.2 Å². The molecule has 2 aromatic carbocycles. The van der Waals surface area contributed by atoms with Crippen LogP contribution in [0.25, 0.3) is 0 Å². The Morgan fingerprint density at radius 1 is 0.947 bits per heavy atom. The molecular formula is C29H38N4O5. The second-order valence-electron chi connectivity index (χ2n) is 10.5. The first-order valence-corrected chi connectivity index (χ1v) is 13.5. The van der Waals surface area contributed by atoms with Gasteiger partial charge in [0.15, 0.2) is 0 Å². The number of rotatable bonds is 6. The van der Waals surface area contributed by atoms with E-state index in [-0.39, 0.29) is 24.0 Å². The monoisotopic (exact) mass is 522 g/mol. The molecule has 2 fully saturated rings. The molecule has 1 aliphatic carbocycles. The zero-order chi connectivity index (χ0) is 27.0. The first-order valence-electron chi connectivity index (χ1n) is 13.5. The molecule has 1 saturated heterocycles. The number of methoxy groups -OCH3 is 2. The minimum absolute atomic E-state index is 0.0676. The van der Waals surface area contributed by atoms with Gasteiger partial charge in [-0.05, 0) is 56.9 Å². The Labute approximate surface area is 224 Å². The van der Waals surface area contributed by atoms with Crippen LogP contribution in [0.3, 0.4) is 0 Å². The number of aliphatic hydroxyl groups excluding tert-OH is 1. The molecule has 2 N–H and O–H groups in total. The summed E-state index contributed by atoms with van der Waals surface area (Å²) in [6.45, 7) is 3.07. The number of carbonyl (C=O) groups is 2. The van der Waals surface area contributed by atoms with Crippen molar-refractivity contribution in [3.05, 3.63) is 35.9 Å². The highest BCUT2D eigenvalue weighted by Crippen LogP contribution is 2.46. The fourth-order valence-corrected chi connectivity index (χ4v) is 6.05. The second kappa shape index (κ2) is 10.7. The summed E-state index contributed by atoms with van der Waals surface area (Å²) >= 11 is 0. The summed E-state index contributed by atoms with van der Waals surface area (Å²) in [5.41, 5.74) is 3.85. The zero-order valence-electron chi connectivity index (χ0n) is 22.7. The lowest BCUT2D eigenvalue weighted by Gasteiger charge is -2.44. The number of amides is 2. The lowest BCUT2D eigenvalue weighted by Crippen LogP contribution is -2.54. The van der Waals surface area contributed by atoms with Crippen LogP contribution in [-0.2, 0) is 4.79 Å². The van der Waals surface area contributed by atoms with E-state index in [2.05, 4.69) is 16.3 Å². The first-order chi connectivity index (χ1) is 18.3. The number of hydrogen-bond acceptors (Lipinski definition) is 7. The molecule has 3 aliphatic rings. The molecule has 0 aromatic heterocycles. The molecular weight excluding hydrogens is 484 g/mol. The number of fused-ring (bicyclic) bond motifs is 1. The number of hydrogen-bond donors (Lipinski definition) is 2. The summed E-state index contributed by atoms with van der Waals surface area (Å²) in [5.74, 6) is 1.17. The number of likely N-dealkylation sites (N-methyl/N-ethyl adjacent to an activating group) is 1. The van der Waals surface area contributed by atoms with Gasteiger partial charge in [-0.1, -0.05) is 12.8 Å². The third-order valence-electron chi connectivity index (χ3n) is 8.23. The van der Waals surface area contributed by atoms with Gasteiger partial charge in [-0.15, -0.1) is 0 Å². The second-order valence-corrected chi connectivity index (χ2v) is 10.5. The SMILES string of the molecule is COc1cc(C(=O)N2CCC(O)CC2)ccc1Nc1cc2c(cc1OC)N(C)C(=O)[C@@H](C)N2C1CCCC1. The molecule has 2 heterocycles. The van der Waals surface area contributed by atoms with Crippen molar-refractivity contribution in [1.29, 1.82) is 0 Å². The van der Waals surface area contributed by atoms with Crippen molar-refractivity contribution < 1.29 is 24.2 Å². The van der Waals surface area contributed by atoms with Crippen molar-refractivity contribution in [3.63, 3.8) is 0 Å². The third kappa shape index (κ3) is 4.75. The molecule has 1 saturated carbocycles. The van der Waals surface area contributed by atoms with E-state index in [0.29, 0.717) is 54.7 Å². The van der Waals surface area contributed by atoms with Crippen LogP contribution in [0.4, 0.5) is 22.7 Å². The summed E-state index contributed by atoms with van der Waals surface area (Å²) in [4.78, 5) is 31.9. The molecule has 0 radical (unpaired) electrons. The quantitative estimate of drug-likeness (QED) is 0.588. The van der Waals surface area contributed by atoms with Gasteiger partial charge in [0, 0.05) is 37.8 Å². The van der Waals surface area contributed by atoms with Crippen molar-refractivity contribution in [2.75, 3.05) is 49.5 Å². The highest BCUT2D eigenvalue weighted by Gasteiger charge is 2.39. The van der Waals surface area contributed by atoms with Crippen LogP contribution in [0.1, 0.15) is 55.8 Å². The van der Waals surface area contributed by atoms with E-state index in [0.717, 1.165) is 29.9 Å². The number of ether oxygens (including phenoxy) is 2. The Morgan fingerprint density at radius 2 is 1.61 bits per heavy atom. The minimum Gasteiger partial charge on any atom is -0.495 e. The van der Waals surface area contributed by atoms with E-state index in [1.807, 2.05) is 26.1 Å². The summed E-state index contributed by atoms with van der Waals surface area (Å²) in [6.07, 6.45) is 5.36. The Hall–Kier alpha value is -3.46. The van der Waals surface area contributed by atoms with Gasteiger partial charge in [0.2, 0.25) is 5.91 Å². The van der Waals surface area contributed by atoms with Gasteiger partial charge in [-0.3, -0.25) is 9.59 Å². The molecule has 0 unspecified atom stereocenters. The number of benzene rings is 2. The van der Waals surface area contributed by atoms with Crippen LogP contribution >= 0.6 is 0 Å². The van der Waals surface area contributed by atoms with Crippen molar-refractivity contribution in [2.45, 2.75) is 63.6 Å². The highest BCUT2D eigenvalue weighted by molar-refractivity contribution is 6.06. The summed E-state index contributed by atoms with van der Waals surface area (Å²) in [6, 6.07) is 9.45. The maximum absolute atomic E-state index is 13.1. The number of piperidine rings is 1. The maximum atomic E-state index is 13.1. The molecule has 1 atom stereocenters. The van der Waals surface area contributed by atoms with Crippen LogP contribution < -0.4 is 24.6 Å². The fourth-order valence-electron chi connectivity index (χ4n) is 6.05. The van der Waals surface area contributed by atoms with Crippen LogP contribution in [0.2, 0.25) is 0 Å². The Kier molecular flexibility index (Phi) is 7.38. The molecule has 2 aromatic rings. The number of nitrogens with zero attached hydrogens (tertiary/aromatic N) is 3. The normalized spacial score (nSPS) is 20.5. The van der Waals surface area contributed by atoms with Gasteiger partial charge in [0.25, 0.3) is 5.91 Å². The Morgan fingerprint density at radius 3 is 2.26 bits per heavy atom. The lowest BCUT2D eigenvalue weighted by atomic mass is 10.0. The van der Waals surface area contributed by atoms with E-state index in [9.17, 15) is 14.7 Å². The minimum atomic E-state index is -0.336. The smallest absolute Gasteiger partial charge is 0.253 e. The standard InChI is InChI=1S/C29H38N4O5/c1-18-28(35)31(2)24-17-27(38-4)23(16-25(24)33(18)20-7-5-6-8-20)30-22-10-9-19(15-26(22)37-3)29(36)32-13-11-21(34)12-14-32/h9-10,15-18,20-21,30,34H,5-8,11-14H2,1-4H3/t18-/m1/s1. The largest absolute Gasteiger partial charge is 0.495 e. The predicted octanol–water partition coefficient (Wildman–Crippen LogP) is 4.16. The molecule has 5 rings (SSSR count). The average molecular weight is 523 g/mol. The molecule has 204 valence electrons. The molecule has 38 heavy (non-hydrogen) atoms. The van der Waals surface area contributed by atoms with E-state index < -0.39 is 0 Å². The molecule has 0 bridgehead atoms. The van der Waals surface area contributed by atoms with Gasteiger partial charge < -0.3 is 34.6 Å². The Bertz CT molecular complexity index is 1200. The van der Waals surface area contributed by atoms with Gasteiger partial charge >= 0.3 is 0 Å². The number of anilines is 4. The molecule has 2 aliphatic heterocycles. The van der Waals surface area contributed by atoms with Crippen molar-refractivity contribution >= 4 is 34.6 Å². The first kappa shape index (κ1) is 26.2. The predicted molar refractivity (Wildman–Crippen MR) is 148 cm³/mol. The number of nitrogens with one attached hydrogen (secondary N) is 1. The van der Waals surface area contributed by atoms with E-state index in [1.165, 1.54) is 12.8 Å². The van der Waals surface area contributed by atoms with E-state index >= 15 is 0 Å². The topological polar surface area (TPSA) is 94.6 Å². The molecule has 9 nitrogen and oxygen atoms in total. The lowest BCUT2D eigenvalue weighted by molar-refractivity contribution is -0.119. The molecule has 0 spiro atoms. The maximum Gasteiger partial charge on any atom is 0.253 e. The zero-order valence-corrected chi connectivity index (χ0v) is 22.7. The summed E-state index contributed by atoms with van der Waals surface area (Å²) in [7, 11) is 5.02. The molecule has 9 heteroatoms. The highest BCUT2D eigenvalue weighted by atomic mass is 16.5. The van der Waals surface area contributed by atoms with Gasteiger partial charge in [0.05, 0.1) is 43.1 Å². The molecule has 2 amide bonds. The van der Waals surface area contributed by atoms with E-state index in [4.69, 9.17) is 9.47 Å². The van der Waals surface area contributed by atoms with Crippen LogP contribution in [0.5, 0.6) is 11.5 Å². The third-order valence-corrected chi connectivity index (χ3v) is 8.23. The fraction of sp³-hybridized carbons (Fsp3) is 0.517. The number of carbonyl (C=O) groups excluding carboxylic acids is 2. The van der Waals surface area contributed by atoms with Crippen LogP contribution in [0.15, 0.2) is 30.3 Å².